The van der Waals surface area contributed by atoms with E-state index in [4.69, 9.17) is 0 Å². The molecular weight excluding hydrogens is 306 g/mol. The predicted octanol–water partition coefficient (Wildman–Crippen LogP) is 4.00. The maximum Gasteiger partial charge on any atom is 0.263 e. The molecule has 3 aromatic rings. The summed E-state index contributed by atoms with van der Waals surface area (Å²) in [6.07, 6.45) is 3.45. The topological polar surface area (TPSA) is 54.9 Å². The molecule has 2 aromatic heterocycles. The van der Waals surface area contributed by atoms with Gasteiger partial charge in [0, 0.05) is 18.0 Å². The van der Waals surface area contributed by atoms with Crippen LogP contribution in [0.25, 0.3) is 10.6 Å². The molecule has 23 heavy (non-hydrogen) atoms. The molecule has 2 heterocycles. The van der Waals surface area contributed by atoms with Crippen molar-refractivity contribution < 1.29 is 4.79 Å². The van der Waals surface area contributed by atoms with Gasteiger partial charge in [0.2, 0.25) is 0 Å². The number of carbonyl (C=O) groups excluding carboxylic acids is 1. The lowest BCUT2D eigenvalue weighted by atomic mass is 10.1. The summed E-state index contributed by atoms with van der Waals surface area (Å²) in [5.41, 5.74) is 2.81. The molecule has 0 fully saturated rings. The van der Waals surface area contributed by atoms with Gasteiger partial charge in [-0.1, -0.05) is 30.3 Å². The highest BCUT2D eigenvalue weighted by atomic mass is 32.1. The Labute approximate surface area is 139 Å². The molecule has 0 unspecified atom stereocenters. The molecule has 0 bridgehead atoms. The van der Waals surface area contributed by atoms with Gasteiger partial charge in [-0.05, 0) is 31.5 Å². The number of nitrogens with one attached hydrogen (secondary N) is 1. The third-order valence-corrected chi connectivity index (χ3v) is 4.78. The number of thiazole rings is 1. The third-order valence-electron chi connectivity index (χ3n) is 3.58. The number of pyridine rings is 1. The fraction of sp³-hybridized carbons (Fsp3) is 0.167. The van der Waals surface area contributed by atoms with E-state index < -0.39 is 0 Å². The van der Waals surface area contributed by atoms with Crippen LogP contribution in [0.5, 0.6) is 0 Å². The van der Waals surface area contributed by atoms with Crippen LogP contribution in [0.1, 0.15) is 33.9 Å². The van der Waals surface area contributed by atoms with E-state index in [1.54, 1.807) is 12.4 Å². The minimum atomic E-state index is -0.0912. The minimum absolute atomic E-state index is 0.0767. The molecule has 0 radical (unpaired) electrons. The molecule has 1 amide bonds. The molecule has 0 saturated heterocycles. The number of hydrogen-bond acceptors (Lipinski definition) is 4. The van der Waals surface area contributed by atoms with E-state index >= 15 is 0 Å². The standard InChI is InChI=1S/C18H17N3OS/c1-12(14-8-10-19-11-9-14)20-17(22)16-13(2)21-18(23-16)15-6-4-3-5-7-15/h3-12H,1-2H3,(H,20,22)/t12-/m0/s1. The van der Waals surface area contributed by atoms with E-state index in [9.17, 15) is 4.79 Å². The molecule has 0 aliphatic carbocycles. The summed E-state index contributed by atoms with van der Waals surface area (Å²) in [4.78, 5) is 21.7. The maximum absolute atomic E-state index is 12.5. The summed E-state index contributed by atoms with van der Waals surface area (Å²) in [5, 5.41) is 3.89. The molecule has 0 aliphatic heterocycles. The molecule has 0 saturated carbocycles. The van der Waals surface area contributed by atoms with Gasteiger partial charge in [0.15, 0.2) is 0 Å². The van der Waals surface area contributed by atoms with E-state index in [-0.39, 0.29) is 11.9 Å². The Kier molecular flexibility index (Phi) is 4.48. The van der Waals surface area contributed by atoms with Gasteiger partial charge in [0.1, 0.15) is 9.88 Å². The summed E-state index contributed by atoms with van der Waals surface area (Å²) in [5.74, 6) is -0.0912. The molecular formula is C18H17N3OS. The van der Waals surface area contributed by atoms with E-state index in [1.807, 2.05) is 56.3 Å². The third kappa shape index (κ3) is 3.46. The van der Waals surface area contributed by atoms with E-state index in [0.29, 0.717) is 4.88 Å². The second-order valence-corrected chi connectivity index (χ2v) is 6.27. The summed E-state index contributed by atoms with van der Waals surface area (Å²) in [6, 6.07) is 13.6. The van der Waals surface area contributed by atoms with Crippen LogP contribution in [0.3, 0.4) is 0 Å². The summed E-state index contributed by atoms with van der Waals surface area (Å²) >= 11 is 1.42. The molecule has 4 nitrogen and oxygen atoms in total. The number of aryl methyl sites for hydroxylation is 1. The zero-order chi connectivity index (χ0) is 16.2. The Morgan fingerprint density at radius 2 is 1.83 bits per heavy atom. The number of carbonyl (C=O) groups is 1. The van der Waals surface area contributed by atoms with Crippen molar-refractivity contribution in [3.05, 3.63) is 71.0 Å². The van der Waals surface area contributed by atoms with Crippen LogP contribution in [-0.4, -0.2) is 15.9 Å². The summed E-state index contributed by atoms with van der Waals surface area (Å²) in [7, 11) is 0. The first-order valence-electron chi connectivity index (χ1n) is 7.39. The van der Waals surface area contributed by atoms with Crippen molar-refractivity contribution in [3.63, 3.8) is 0 Å². The average molecular weight is 323 g/mol. The quantitative estimate of drug-likeness (QED) is 0.789. The fourth-order valence-electron chi connectivity index (χ4n) is 2.31. The van der Waals surface area contributed by atoms with Gasteiger partial charge in [-0.2, -0.15) is 0 Å². The number of hydrogen-bond donors (Lipinski definition) is 1. The number of benzene rings is 1. The van der Waals surface area contributed by atoms with Crippen LogP contribution in [-0.2, 0) is 0 Å². The van der Waals surface area contributed by atoms with Crippen molar-refractivity contribution in [2.45, 2.75) is 19.9 Å². The maximum atomic E-state index is 12.5. The number of amides is 1. The monoisotopic (exact) mass is 323 g/mol. The molecule has 3 rings (SSSR count). The van der Waals surface area contributed by atoms with Gasteiger partial charge >= 0.3 is 0 Å². The molecule has 0 aliphatic rings. The predicted molar refractivity (Wildman–Crippen MR) is 92.4 cm³/mol. The first-order chi connectivity index (χ1) is 11.1. The summed E-state index contributed by atoms with van der Waals surface area (Å²) < 4.78 is 0. The summed E-state index contributed by atoms with van der Waals surface area (Å²) in [6.45, 7) is 3.83. The molecule has 0 spiro atoms. The van der Waals surface area contributed by atoms with Gasteiger partial charge in [-0.3, -0.25) is 9.78 Å². The fourth-order valence-corrected chi connectivity index (χ4v) is 3.28. The van der Waals surface area contributed by atoms with Crippen molar-refractivity contribution in [2.24, 2.45) is 0 Å². The molecule has 5 heteroatoms. The first kappa shape index (κ1) is 15.4. The second-order valence-electron chi connectivity index (χ2n) is 5.28. The number of aromatic nitrogens is 2. The van der Waals surface area contributed by atoms with Gasteiger partial charge in [-0.15, -0.1) is 11.3 Å². The van der Waals surface area contributed by atoms with Crippen LogP contribution >= 0.6 is 11.3 Å². The highest BCUT2D eigenvalue weighted by Crippen LogP contribution is 2.28. The van der Waals surface area contributed by atoms with Gasteiger partial charge in [0.05, 0.1) is 11.7 Å². The van der Waals surface area contributed by atoms with E-state index in [0.717, 1.165) is 21.8 Å². The highest BCUT2D eigenvalue weighted by Gasteiger charge is 2.18. The Morgan fingerprint density at radius 3 is 2.52 bits per heavy atom. The van der Waals surface area contributed by atoms with Gasteiger partial charge in [0.25, 0.3) is 5.91 Å². The van der Waals surface area contributed by atoms with Crippen molar-refractivity contribution >= 4 is 17.2 Å². The Bertz CT molecular complexity index is 800. The molecule has 1 N–H and O–H groups in total. The molecule has 1 aromatic carbocycles. The van der Waals surface area contributed by atoms with Crippen molar-refractivity contribution in [1.29, 1.82) is 0 Å². The van der Waals surface area contributed by atoms with Crippen LogP contribution < -0.4 is 5.32 Å². The van der Waals surface area contributed by atoms with Crippen LogP contribution in [0.4, 0.5) is 0 Å². The number of rotatable bonds is 4. The molecule has 1 atom stereocenters. The zero-order valence-corrected chi connectivity index (χ0v) is 13.8. The van der Waals surface area contributed by atoms with Gasteiger partial charge < -0.3 is 5.32 Å². The van der Waals surface area contributed by atoms with Crippen molar-refractivity contribution in [2.75, 3.05) is 0 Å². The van der Waals surface area contributed by atoms with Crippen LogP contribution in [0, 0.1) is 6.92 Å². The minimum Gasteiger partial charge on any atom is -0.345 e. The van der Waals surface area contributed by atoms with E-state index in [2.05, 4.69) is 15.3 Å². The average Bonchev–Trinajstić information content (AvgIpc) is 2.98. The lowest BCUT2D eigenvalue weighted by molar-refractivity contribution is 0.0943. The Balaban J connectivity index is 1.79. The van der Waals surface area contributed by atoms with Gasteiger partial charge in [-0.25, -0.2) is 4.98 Å². The largest absolute Gasteiger partial charge is 0.345 e. The normalized spacial score (nSPS) is 11.9. The van der Waals surface area contributed by atoms with Crippen molar-refractivity contribution in [3.8, 4) is 10.6 Å². The smallest absolute Gasteiger partial charge is 0.263 e. The lowest BCUT2D eigenvalue weighted by Gasteiger charge is -2.13. The van der Waals surface area contributed by atoms with Crippen LogP contribution in [0.2, 0.25) is 0 Å². The molecule has 116 valence electrons. The van der Waals surface area contributed by atoms with Crippen LogP contribution in [0.15, 0.2) is 54.9 Å². The second kappa shape index (κ2) is 6.71. The van der Waals surface area contributed by atoms with E-state index in [1.165, 1.54) is 11.3 Å². The zero-order valence-electron chi connectivity index (χ0n) is 13.0. The SMILES string of the molecule is Cc1nc(-c2ccccc2)sc1C(=O)N[C@@H](C)c1ccncc1. The number of nitrogens with zero attached hydrogens (tertiary/aromatic N) is 2. The lowest BCUT2D eigenvalue weighted by Crippen LogP contribution is -2.26. The van der Waals surface area contributed by atoms with Crippen molar-refractivity contribution in [1.82, 2.24) is 15.3 Å². The first-order valence-corrected chi connectivity index (χ1v) is 8.20. The Hall–Kier alpha value is -2.53. The highest BCUT2D eigenvalue weighted by molar-refractivity contribution is 7.17. The Morgan fingerprint density at radius 1 is 1.13 bits per heavy atom.